The number of benzene rings is 2. The number of methoxy groups -OCH3 is 2. The van der Waals surface area contributed by atoms with Gasteiger partial charge in [-0.3, -0.25) is 4.79 Å². The molecule has 0 saturated carbocycles. The van der Waals surface area contributed by atoms with Crippen molar-refractivity contribution in [1.29, 1.82) is 0 Å². The fourth-order valence-corrected chi connectivity index (χ4v) is 3.74. The molecule has 0 aliphatic carbocycles. The SMILES string of the molecule is COCCN(CC(=O)N1N=C(c2cccc(OC)c2)C[C@H]1c1ccccc1)C(=O)NC(C)(C)C. The number of hydrogen-bond acceptors (Lipinski definition) is 5. The minimum absolute atomic E-state index is 0.108. The Bertz CT molecular complexity index is 1020. The third-order valence-electron chi connectivity index (χ3n) is 5.41. The molecule has 0 aromatic heterocycles. The quantitative estimate of drug-likeness (QED) is 0.641. The number of carbonyl (C=O) groups excluding carboxylic acids is 2. The van der Waals surface area contributed by atoms with Gasteiger partial charge in [0.05, 0.1) is 25.5 Å². The lowest BCUT2D eigenvalue weighted by Gasteiger charge is -2.30. The first-order chi connectivity index (χ1) is 16.2. The molecule has 34 heavy (non-hydrogen) atoms. The molecule has 1 aliphatic heterocycles. The van der Waals surface area contributed by atoms with Gasteiger partial charge in [0.2, 0.25) is 0 Å². The molecule has 0 fully saturated rings. The summed E-state index contributed by atoms with van der Waals surface area (Å²) in [7, 11) is 3.19. The fourth-order valence-electron chi connectivity index (χ4n) is 3.74. The van der Waals surface area contributed by atoms with E-state index in [1.165, 1.54) is 9.91 Å². The lowest BCUT2D eigenvalue weighted by atomic mass is 9.98. The predicted octanol–water partition coefficient (Wildman–Crippen LogP) is 3.83. The standard InChI is InChI=1S/C26H34N4O4/c1-26(2,3)27-25(32)29(14-15-33-4)18-24(31)30-23(19-10-7-6-8-11-19)17-22(28-30)20-12-9-13-21(16-20)34-5/h6-13,16,23H,14-15,17-18H2,1-5H3,(H,27,32)/t23-/m0/s1. The van der Waals surface area contributed by atoms with Crippen LogP contribution in [0, 0.1) is 0 Å². The van der Waals surface area contributed by atoms with Crippen molar-refractivity contribution in [2.45, 2.75) is 38.8 Å². The van der Waals surface area contributed by atoms with Gasteiger partial charge in [-0.25, -0.2) is 9.80 Å². The van der Waals surface area contributed by atoms with Crippen LogP contribution >= 0.6 is 0 Å². The number of hydrazone groups is 1. The van der Waals surface area contributed by atoms with Crippen molar-refractivity contribution in [3.05, 3.63) is 65.7 Å². The maximum atomic E-state index is 13.5. The number of nitrogens with zero attached hydrogens (tertiary/aromatic N) is 3. The molecule has 0 saturated heterocycles. The highest BCUT2D eigenvalue weighted by atomic mass is 16.5. The molecule has 0 spiro atoms. The smallest absolute Gasteiger partial charge is 0.318 e. The third-order valence-corrected chi connectivity index (χ3v) is 5.41. The molecule has 8 nitrogen and oxygen atoms in total. The van der Waals surface area contributed by atoms with Crippen LogP contribution in [-0.2, 0) is 9.53 Å². The van der Waals surface area contributed by atoms with Gasteiger partial charge in [0, 0.05) is 31.2 Å². The second-order valence-electron chi connectivity index (χ2n) is 9.24. The van der Waals surface area contributed by atoms with Gasteiger partial charge in [-0.2, -0.15) is 5.10 Å². The number of amides is 3. The highest BCUT2D eigenvalue weighted by molar-refractivity contribution is 6.03. The Morgan fingerprint density at radius 1 is 1.12 bits per heavy atom. The van der Waals surface area contributed by atoms with Crippen molar-refractivity contribution >= 4 is 17.6 Å². The zero-order chi connectivity index (χ0) is 24.7. The third kappa shape index (κ3) is 6.57. The second-order valence-corrected chi connectivity index (χ2v) is 9.24. The number of rotatable bonds is 8. The van der Waals surface area contributed by atoms with Gasteiger partial charge in [0.25, 0.3) is 5.91 Å². The van der Waals surface area contributed by atoms with Crippen LogP contribution < -0.4 is 10.1 Å². The normalized spacial score (nSPS) is 15.6. The van der Waals surface area contributed by atoms with Crippen molar-refractivity contribution < 1.29 is 19.1 Å². The van der Waals surface area contributed by atoms with Crippen molar-refractivity contribution in [2.75, 3.05) is 33.9 Å². The summed E-state index contributed by atoms with van der Waals surface area (Å²) in [6.07, 6.45) is 0.565. The first-order valence-corrected chi connectivity index (χ1v) is 11.4. The van der Waals surface area contributed by atoms with Crippen molar-refractivity contribution in [3.63, 3.8) is 0 Å². The van der Waals surface area contributed by atoms with E-state index in [0.29, 0.717) is 19.6 Å². The molecule has 1 atom stereocenters. The van der Waals surface area contributed by atoms with Crippen LogP contribution in [0.1, 0.15) is 44.4 Å². The molecule has 2 aromatic carbocycles. The van der Waals surface area contributed by atoms with E-state index in [1.54, 1.807) is 14.2 Å². The van der Waals surface area contributed by atoms with Gasteiger partial charge in [0.1, 0.15) is 12.3 Å². The minimum Gasteiger partial charge on any atom is -0.497 e. The molecule has 2 aromatic rings. The van der Waals surface area contributed by atoms with Gasteiger partial charge >= 0.3 is 6.03 Å². The van der Waals surface area contributed by atoms with E-state index in [2.05, 4.69) is 5.32 Å². The molecule has 182 valence electrons. The summed E-state index contributed by atoms with van der Waals surface area (Å²) >= 11 is 0. The monoisotopic (exact) mass is 466 g/mol. The summed E-state index contributed by atoms with van der Waals surface area (Å²) in [5.41, 5.74) is 2.25. The summed E-state index contributed by atoms with van der Waals surface area (Å²) in [4.78, 5) is 27.8. The van der Waals surface area contributed by atoms with E-state index in [-0.39, 0.29) is 24.5 Å². The van der Waals surface area contributed by atoms with Crippen molar-refractivity contribution in [2.24, 2.45) is 5.10 Å². The Balaban J connectivity index is 1.88. The number of urea groups is 1. The Labute approximate surface area is 201 Å². The molecule has 1 aliphatic rings. The van der Waals surface area contributed by atoms with Crippen LogP contribution in [0.3, 0.4) is 0 Å². The molecular formula is C26H34N4O4. The molecule has 0 bridgehead atoms. The average molecular weight is 467 g/mol. The zero-order valence-electron chi connectivity index (χ0n) is 20.6. The molecule has 8 heteroatoms. The molecule has 1 heterocycles. The minimum atomic E-state index is -0.427. The van der Waals surface area contributed by atoms with Crippen LogP contribution in [0.15, 0.2) is 59.7 Å². The molecule has 1 N–H and O–H groups in total. The van der Waals surface area contributed by atoms with Crippen LogP contribution in [-0.4, -0.2) is 67.0 Å². The van der Waals surface area contributed by atoms with Crippen LogP contribution in [0.25, 0.3) is 0 Å². The fraction of sp³-hybridized carbons (Fsp3) is 0.423. The molecular weight excluding hydrogens is 432 g/mol. The van der Waals surface area contributed by atoms with Gasteiger partial charge in [-0.15, -0.1) is 0 Å². The topological polar surface area (TPSA) is 83.5 Å². The zero-order valence-corrected chi connectivity index (χ0v) is 20.6. The van der Waals surface area contributed by atoms with E-state index < -0.39 is 5.54 Å². The Morgan fingerprint density at radius 2 is 1.85 bits per heavy atom. The van der Waals surface area contributed by atoms with Gasteiger partial charge < -0.3 is 19.7 Å². The Morgan fingerprint density at radius 3 is 2.50 bits per heavy atom. The van der Waals surface area contributed by atoms with E-state index >= 15 is 0 Å². The summed E-state index contributed by atoms with van der Waals surface area (Å²) < 4.78 is 10.5. The molecule has 0 radical (unpaired) electrons. The second kappa shape index (κ2) is 11.2. The lowest BCUT2D eigenvalue weighted by Crippen LogP contribution is -2.52. The Hall–Kier alpha value is -3.39. The first-order valence-electron chi connectivity index (χ1n) is 11.4. The molecule has 3 rings (SSSR count). The van der Waals surface area contributed by atoms with Gasteiger partial charge in [0.15, 0.2) is 0 Å². The van der Waals surface area contributed by atoms with Crippen molar-refractivity contribution in [1.82, 2.24) is 15.2 Å². The Kier molecular flexibility index (Phi) is 8.28. The van der Waals surface area contributed by atoms with Crippen LogP contribution in [0.4, 0.5) is 4.79 Å². The van der Waals surface area contributed by atoms with Crippen LogP contribution in [0.5, 0.6) is 5.75 Å². The van der Waals surface area contributed by atoms with E-state index in [9.17, 15) is 9.59 Å². The number of carbonyl (C=O) groups is 2. The van der Waals surface area contributed by atoms with E-state index in [4.69, 9.17) is 14.6 Å². The van der Waals surface area contributed by atoms with Gasteiger partial charge in [-0.05, 0) is 38.5 Å². The van der Waals surface area contributed by atoms with Gasteiger partial charge in [-0.1, -0.05) is 42.5 Å². The highest BCUT2D eigenvalue weighted by Crippen LogP contribution is 2.33. The number of nitrogens with one attached hydrogen (secondary N) is 1. The molecule has 3 amide bonds. The maximum Gasteiger partial charge on any atom is 0.318 e. The number of hydrogen-bond donors (Lipinski definition) is 1. The first kappa shape index (κ1) is 25.2. The summed E-state index contributed by atoms with van der Waals surface area (Å²) in [5.74, 6) is 0.470. The summed E-state index contributed by atoms with van der Waals surface area (Å²) in [6, 6.07) is 16.9. The maximum absolute atomic E-state index is 13.5. The van der Waals surface area contributed by atoms with E-state index in [1.807, 2.05) is 75.4 Å². The summed E-state index contributed by atoms with van der Waals surface area (Å²) in [5, 5.41) is 9.15. The number of ether oxygens (including phenoxy) is 2. The molecule has 0 unspecified atom stereocenters. The van der Waals surface area contributed by atoms with E-state index in [0.717, 1.165) is 22.6 Å². The average Bonchev–Trinajstić information content (AvgIpc) is 3.27. The largest absolute Gasteiger partial charge is 0.497 e. The van der Waals surface area contributed by atoms with Crippen molar-refractivity contribution in [3.8, 4) is 5.75 Å². The highest BCUT2D eigenvalue weighted by Gasteiger charge is 2.34. The predicted molar refractivity (Wildman–Crippen MR) is 132 cm³/mol. The summed E-state index contributed by atoms with van der Waals surface area (Å²) in [6.45, 7) is 6.21. The lowest BCUT2D eigenvalue weighted by molar-refractivity contribution is -0.133. The van der Waals surface area contributed by atoms with Crippen LogP contribution in [0.2, 0.25) is 0 Å².